The Hall–Kier alpha value is -3.24. The molecular formula is C19H17N5O3S2. The Bertz CT molecular complexity index is 1020. The summed E-state index contributed by atoms with van der Waals surface area (Å²) in [6.45, 7) is 1.42. The summed E-state index contributed by atoms with van der Waals surface area (Å²) < 4.78 is 0.565. The van der Waals surface area contributed by atoms with E-state index in [4.69, 9.17) is 0 Å². The summed E-state index contributed by atoms with van der Waals surface area (Å²) in [5.74, 6) is -0.545. The van der Waals surface area contributed by atoms with Crippen molar-refractivity contribution >= 4 is 57.3 Å². The Morgan fingerprint density at radius 3 is 2.38 bits per heavy atom. The van der Waals surface area contributed by atoms with E-state index in [-0.39, 0.29) is 23.5 Å². The van der Waals surface area contributed by atoms with Crippen LogP contribution in [0.15, 0.2) is 58.9 Å². The number of aromatic nitrogens is 2. The van der Waals surface area contributed by atoms with E-state index in [9.17, 15) is 14.4 Å². The third-order valence-corrected chi connectivity index (χ3v) is 5.43. The van der Waals surface area contributed by atoms with Crippen LogP contribution in [0.4, 0.5) is 16.5 Å². The smallest absolute Gasteiger partial charge is 0.257 e. The van der Waals surface area contributed by atoms with Gasteiger partial charge in [0.05, 0.1) is 5.75 Å². The summed E-state index contributed by atoms with van der Waals surface area (Å²) in [5.41, 5.74) is 1.71. The van der Waals surface area contributed by atoms with Crippen molar-refractivity contribution in [1.82, 2.24) is 10.2 Å². The standard InChI is InChI=1S/C19H17N5O3S2/c1-12(25)20-14-8-5-9-15(10-14)21-16(26)11-28-19-24-23-18(29-19)22-17(27)13-6-3-2-4-7-13/h2-10H,11H2,1H3,(H,20,25)(H,21,26)(H,22,23,27). The molecule has 29 heavy (non-hydrogen) atoms. The van der Waals surface area contributed by atoms with Crippen molar-refractivity contribution in [3.63, 3.8) is 0 Å². The molecule has 3 amide bonds. The van der Waals surface area contributed by atoms with Gasteiger partial charge in [-0.15, -0.1) is 10.2 Å². The van der Waals surface area contributed by atoms with Crippen molar-refractivity contribution < 1.29 is 14.4 Å². The Labute approximate surface area is 175 Å². The van der Waals surface area contributed by atoms with E-state index in [1.165, 1.54) is 30.0 Å². The third-order valence-electron chi connectivity index (χ3n) is 3.46. The molecule has 1 aromatic heterocycles. The fraction of sp³-hybridized carbons (Fsp3) is 0.105. The number of hydrogen-bond donors (Lipinski definition) is 3. The average Bonchev–Trinajstić information content (AvgIpc) is 3.14. The SMILES string of the molecule is CC(=O)Nc1cccc(NC(=O)CSc2nnc(NC(=O)c3ccccc3)s2)c1. The van der Waals surface area contributed by atoms with Crippen LogP contribution in [0.25, 0.3) is 0 Å². The fourth-order valence-electron chi connectivity index (χ4n) is 2.28. The average molecular weight is 428 g/mol. The molecule has 0 spiro atoms. The van der Waals surface area contributed by atoms with Crippen LogP contribution in [0, 0.1) is 0 Å². The molecule has 0 saturated carbocycles. The van der Waals surface area contributed by atoms with Crippen LogP contribution < -0.4 is 16.0 Å². The molecule has 2 aromatic carbocycles. The van der Waals surface area contributed by atoms with Crippen molar-refractivity contribution in [3.8, 4) is 0 Å². The minimum Gasteiger partial charge on any atom is -0.326 e. The first-order chi connectivity index (χ1) is 14.0. The van der Waals surface area contributed by atoms with Crippen molar-refractivity contribution in [1.29, 1.82) is 0 Å². The van der Waals surface area contributed by atoms with Crippen LogP contribution >= 0.6 is 23.1 Å². The second-order valence-electron chi connectivity index (χ2n) is 5.79. The lowest BCUT2D eigenvalue weighted by atomic mass is 10.2. The molecule has 3 aromatic rings. The van der Waals surface area contributed by atoms with Gasteiger partial charge in [-0.1, -0.05) is 47.4 Å². The van der Waals surface area contributed by atoms with Gasteiger partial charge in [-0.2, -0.15) is 0 Å². The second-order valence-corrected chi connectivity index (χ2v) is 7.99. The van der Waals surface area contributed by atoms with Gasteiger partial charge in [0.25, 0.3) is 5.91 Å². The third kappa shape index (κ3) is 6.40. The molecule has 0 unspecified atom stereocenters. The van der Waals surface area contributed by atoms with E-state index in [0.29, 0.717) is 26.4 Å². The molecule has 0 aliphatic rings. The number of nitrogens with zero attached hydrogens (tertiary/aromatic N) is 2. The molecule has 0 radical (unpaired) electrons. The molecule has 148 valence electrons. The first-order valence-electron chi connectivity index (χ1n) is 8.50. The van der Waals surface area contributed by atoms with Crippen molar-refractivity contribution in [2.75, 3.05) is 21.7 Å². The number of carbonyl (C=O) groups excluding carboxylic acids is 3. The first kappa shape index (κ1) is 20.5. The lowest BCUT2D eigenvalue weighted by Gasteiger charge is -2.07. The van der Waals surface area contributed by atoms with Gasteiger partial charge >= 0.3 is 0 Å². The molecule has 8 nitrogen and oxygen atoms in total. The van der Waals surface area contributed by atoms with E-state index in [0.717, 1.165) is 0 Å². The maximum absolute atomic E-state index is 12.2. The zero-order chi connectivity index (χ0) is 20.6. The van der Waals surface area contributed by atoms with Crippen molar-refractivity contribution in [2.45, 2.75) is 11.3 Å². The number of amides is 3. The molecule has 0 atom stereocenters. The zero-order valence-corrected chi connectivity index (χ0v) is 17.0. The van der Waals surface area contributed by atoms with E-state index in [2.05, 4.69) is 26.1 Å². The van der Waals surface area contributed by atoms with Gasteiger partial charge in [0.1, 0.15) is 0 Å². The summed E-state index contributed by atoms with van der Waals surface area (Å²) >= 11 is 2.41. The lowest BCUT2D eigenvalue weighted by Crippen LogP contribution is -2.14. The molecule has 3 N–H and O–H groups in total. The Kier molecular flexibility index (Phi) is 6.93. The maximum Gasteiger partial charge on any atom is 0.257 e. The number of thioether (sulfide) groups is 1. The number of benzene rings is 2. The topological polar surface area (TPSA) is 113 Å². The summed E-state index contributed by atoms with van der Waals surface area (Å²) in [5, 5.41) is 16.4. The predicted octanol–water partition coefficient (Wildman–Crippen LogP) is 3.48. The highest BCUT2D eigenvalue weighted by molar-refractivity contribution is 8.01. The molecular weight excluding hydrogens is 410 g/mol. The molecule has 0 saturated heterocycles. The van der Waals surface area contributed by atoms with Crippen LogP contribution in [0.1, 0.15) is 17.3 Å². The summed E-state index contributed by atoms with van der Waals surface area (Å²) in [6, 6.07) is 15.7. The minimum absolute atomic E-state index is 0.131. The molecule has 1 heterocycles. The van der Waals surface area contributed by atoms with Gasteiger partial charge in [-0.3, -0.25) is 19.7 Å². The number of hydrogen-bond acceptors (Lipinski definition) is 7. The highest BCUT2D eigenvalue weighted by Gasteiger charge is 2.12. The van der Waals surface area contributed by atoms with Gasteiger partial charge in [0.2, 0.25) is 16.9 Å². The van der Waals surface area contributed by atoms with Crippen LogP contribution in [0.3, 0.4) is 0 Å². The minimum atomic E-state index is -0.268. The largest absolute Gasteiger partial charge is 0.326 e. The van der Waals surface area contributed by atoms with Gasteiger partial charge in [-0.05, 0) is 30.3 Å². The summed E-state index contributed by atoms with van der Waals surface area (Å²) in [7, 11) is 0. The summed E-state index contributed by atoms with van der Waals surface area (Å²) in [6.07, 6.45) is 0. The van der Waals surface area contributed by atoms with Gasteiger partial charge < -0.3 is 10.6 Å². The predicted molar refractivity (Wildman–Crippen MR) is 114 cm³/mol. The molecule has 0 aliphatic heterocycles. The highest BCUT2D eigenvalue weighted by Crippen LogP contribution is 2.26. The van der Waals surface area contributed by atoms with Gasteiger partial charge in [-0.25, -0.2) is 0 Å². The molecule has 10 heteroatoms. The Morgan fingerprint density at radius 2 is 1.66 bits per heavy atom. The maximum atomic E-state index is 12.2. The molecule has 0 fully saturated rings. The summed E-state index contributed by atoms with van der Waals surface area (Å²) in [4.78, 5) is 35.4. The zero-order valence-electron chi connectivity index (χ0n) is 15.3. The lowest BCUT2D eigenvalue weighted by molar-refractivity contribution is -0.114. The molecule has 0 aliphatic carbocycles. The quantitative estimate of drug-likeness (QED) is 0.393. The monoisotopic (exact) mass is 427 g/mol. The number of nitrogens with one attached hydrogen (secondary N) is 3. The Morgan fingerprint density at radius 1 is 0.931 bits per heavy atom. The number of carbonyl (C=O) groups is 3. The normalized spacial score (nSPS) is 10.2. The second kappa shape index (κ2) is 9.80. The van der Waals surface area contributed by atoms with E-state index < -0.39 is 0 Å². The van der Waals surface area contributed by atoms with E-state index in [1.807, 2.05) is 6.07 Å². The fourth-order valence-corrected chi connectivity index (χ4v) is 3.83. The highest BCUT2D eigenvalue weighted by atomic mass is 32.2. The van der Waals surface area contributed by atoms with E-state index in [1.54, 1.807) is 48.5 Å². The van der Waals surface area contributed by atoms with E-state index >= 15 is 0 Å². The van der Waals surface area contributed by atoms with Crippen LogP contribution in [-0.2, 0) is 9.59 Å². The Balaban J connectivity index is 1.50. The first-order valence-corrected chi connectivity index (χ1v) is 10.3. The van der Waals surface area contributed by atoms with Crippen LogP contribution in [0.5, 0.6) is 0 Å². The van der Waals surface area contributed by atoms with Gasteiger partial charge in [0.15, 0.2) is 4.34 Å². The molecule has 0 bridgehead atoms. The van der Waals surface area contributed by atoms with Crippen LogP contribution in [0.2, 0.25) is 0 Å². The number of anilines is 3. The van der Waals surface area contributed by atoms with Crippen molar-refractivity contribution in [3.05, 3.63) is 60.2 Å². The van der Waals surface area contributed by atoms with Crippen LogP contribution in [-0.4, -0.2) is 33.7 Å². The molecule has 3 rings (SSSR count). The number of rotatable bonds is 7. The van der Waals surface area contributed by atoms with Crippen molar-refractivity contribution in [2.24, 2.45) is 0 Å². The van der Waals surface area contributed by atoms with Gasteiger partial charge in [0, 0.05) is 23.9 Å².